The molecule has 148 valence electrons. The van der Waals surface area contributed by atoms with Crippen LogP contribution in [-0.4, -0.2) is 28.1 Å². The number of rotatable bonds is 5. The van der Waals surface area contributed by atoms with E-state index in [9.17, 15) is 4.79 Å². The van der Waals surface area contributed by atoms with Crippen LogP contribution in [0.2, 0.25) is 5.02 Å². The second kappa shape index (κ2) is 7.72. The van der Waals surface area contributed by atoms with Gasteiger partial charge in [0.1, 0.15) is 5.52 Å². The number of carbonyl (C=O) groups excluding carboxylic acids is 1. The number of hydrogen-bond donors (Lipinski definition) is 0. The van der Waals surface area contributed by atoms with Gasteiger partial charge in [0.25, 0.3) is 0 Å². The Hall–Kier alpha value is -2.11. The van der Waals surface area contributed by atoms with E-state index in [0.29, 0.717) is 10.9 Å². The lowest BCUT2D eigenvalue weighted by Crippen LogP contribution is -2.34. The van der Waals surface area contributed by atoms with E-state index in [1.165, 1.54) is 7.11 Å². The molecule has 0 aliphatic heterocycles. The van der Waals surface area contributed by atoms with Crippen LogP contribution in [0, 0.1) is 12.3 Å². The number of carbonyl (C=O) groups is 1. The topological polar surface area (TPSA) is 57.0 Å². The molecule has 1 heterocycles. The number of benzene rings is 2. The van der Waals surface area contributed by atoms with Crippen molar-refractivity contribution in [2.24, 2.45) is 12.5 Å². The number of hydrogen-bond acceptors (Lipinski definition) is 4. The molecule has 0 saturated heterocycles. The number of esters is 1. The molecule has 3 rings (SSSR count). The molecule has 0 radical (unpaired) electrons. The van der Waals surface area contributed by atoms with Gasteiger partial charge in [0, 0.05) is 23.9 Å². The third kappa shape index (κ3) is 3.38. The van der Waals surface area contributed by atoms with Crippen molar-refractivity contribution in [1.29, 1.82) is 0 Å². The number of halogens is 2. The fourth-order valence-corrected chi connectivity index (χ4v) is 4.28. The molecule has 0 amide bonds. The molecule has 1 unspecified atom stereocenters. The highest BCUT2D eigenvalue weighted by molar-refractivity contribution is 6.32. The maximum atomic E-state index is 12.7. The fraction of sp³-hybridized carbons (Fsp3) is 0.381. The van der Waals surface area contributed by atoms with Crippen molar-refractivity contribution in [3.8, 4) is 0 Å². The van der Waals surface area contributed by atoms with Crippen LogP contribution in [-0.2, 0) is 22.5 Å². The van der Waals surface area contributed by atoms with Crippen LogP contribution in [0.1, 0.15) is 42.0 Å². The number of alkyl halides is 1. The van der Waals surface area contributed by atoms with Gasteiger partial charge >= 0.3 is 5.97 Å². The van der Waals surface area contributed by atoms with Gasteiger partial charge in [-0.3, -0.25) is 4.79 Å². The summed E-state index contributed by atoms with van der Waals surface area (Å²) >= 11 is 12.3. The average molecular weight is 420 g/mol. The number of fused-ring (bicyclic) bond motifs is 1. The number of aromatic nitrogens is 3. The molecular weight excluding hydrogens is 397 g/mol. The lowest BCUT2D eigenvalue weighted by Gasteiger charge is -2.34. The van der Waals surface area contributed by atoms with E-state index in [1.54, 1.807) is 4.68 Å². The molecule has 1 atom stereocenters. The highest BCUT2D eigenvalue weighted by atomic mass is 35.5. The molecule has 5 nitrogen and oxygen atoms in total. The smallest absolute Gasteiger partial charge is 0.312 e. The number of ether oxygens (including phenoxy) is 1. The van der Waals surface area contributed by atoms with Crippen LogP contribution in [0.4, 0.5) is 0 Å². The van der Waals surface area contributed by atoms with Crippen LogP contribution in [0.15, 0.2) is 30.3 Å². The van der Waals surface area contributed by atoms with Crippen molar-refractivity contribution in [1.82, 2.24) is 15.0 Å². The van der Waals surface area contributed by atoms with Gasteiger partial charge in [0.05, 0.1) is 18.0 Å². The summed E-state index contributed by atoms with van der Waals surface area (Å²) < 4.78 is 6.86. The maximum Gasteiger partial charge on any atom is 0.312 e. The molecule has 0 N–H and O–H groups in total. The molecule has 7 heteroatoms. The summed E-state index contributed by atoms with van der Waals surface area (Å²) in [5.74, 6) is -0.274. The Kier molecular flexibility index (Phi) is 5.69. The standard InChI is InChI=1S/C21H23Cl2N3O2/c1-12-15(7-9-17-19(12)24-25-26(17)4)18(21(2,3)20(27)28-5)13-6-8-16(23)14(10-13)11-22/h6-10,18H,11H2,1-5H3. The molecule has 0 bridgehead atoms. The molecule has 0 spiro atoms. The third-order valence-corrected chi connectivity index (χ3v) is 6.03. The van der Waals surface area contributed by atoms with Gasteiger partial charge < -0.3 is 4.74 Å². The molecular formula is C21H23Cl2N3O2. The second-order valence-electron chi connectivity index (χ2n) is 7.49. The average Bonchev–Trinajstić information content (AvgIpc) is 3.05. The van der Waals surface area contributed by atoms with Crippen LogP contribution in [0.5, 0.6) is 0 Å². The van der Waals surface area contributed by atoms with Crippen molar-refractivity contribution in [2.45, 2.75) is 32.6 Å². The number of nitrogens with zero attached hydrogens (tertiary/aromatic N) is 3. The first-order valence-electron chi connectivity index (χ1n) is 8.94. The summed E-state index contributed by atoms with van der Waals surface area (Å²) in [6.07, 6.45) is 0. The molecule has 3 aromatic rings. The SMILES string of the molecule is COC(=O)C(C)(C)C(c1ccc(Cl)c(CCl)c1)c1ccc2c(nnn2C)c1C. The summed E-state index contributed by atoms with van der Waals surface area (Å²) in [6, 6.07) is 9.74. The van der Waals surface area contributed by atoms with Crippen molar-refractivity contribution in [2.75, 3.05) is 7.11 Å². The third-order valence-electron chi connectivity index (χ3n) is 5.37. The minimum absolute atomic E-state index is 0.273. The summed E-state index contributed by atoms with van der Waals surface area (Å²) in [4.78, 5) is 12.7. The van der Waals surface area contributed by atoms with E-state index in [1.807, 2.05) is 58.2 Å². The van der Waals surface area contributed by atoms with Gasteiger partial charge in [-0.2, -0.15) is 0 Å². The van der Waals surface area contributed by atoms with Gasteiger partial charge in [0.2, 0.25) is 0 Å². The Morgan fingerprint density at radius 1 is 1.29 bits per heavy atom. The van der Waals surface area contributed by atoms with Gasteiger partial charge in [-0.15, -0.1) is 16.7 Å². The van der Waals surface area contributed by atoms with Crippen molar-refractivity contribution < 1.29 is 9.53 Å². The largest absolute Gasteiger partial charge is 0.469 e. The molecule has 0 aliphatic rings. The highest BCUT2D eigenvalue weighted by Crippen LogP contribution is 2.44. The Morgan fingerprint density at radius 2 is 2.00 bits per heavy atom. The molecule has 28 heavy (non-hydrogen) atoms. The Bertz CT molecular complexity index is 1040. The first kappa shape index (κ1) is 20.6. The first-order valence-corrected chi connectivity index (χ1v) is 9.85. The fourth-order valence-electron chi connectivity index (χ4n) is 3.80. The van der Waals surface area contributed by atoms with E-state index in [4.69, 9.17) is 27.9 Å². The monoisotopic (exact) mass is 419 g/mol. The maximum absolute atomic E-state index is 12.7. The van der Waals surface area contributed by atoms with Gasteiger partial charge in [-0.25, -0.2) is 4.68 Å². The predicted octanol–water partition coefficient (Wildman–Crippen LogP) is 5.00. The zero-order chi connectivity index (χ0) is 20.6. The number of aryl methyl sites for hydroxylation is 2. The second-order valence-corrected chi connectivity index (χ2v) is 8.17. The lowest BCUT2D eigenvalue weighted by atomic mass is 9.70. The number of methoxy groups -OCH3 is 1. The molecule has 1 aromatic heterocycles. The van der Waals surface area contributed by atoms with Crippen molar-refractivity contribution in [3.05, 3.63) is 57.6 Å². The van der Waals surface area contributed by atoms with Gasteiger partial charge in [-0.1, -0.05) is 35.0 Å². The Labute approximate surface area is 174 Å². The summed E-state index contributed by atoms with van der Waals surface area (Å²) in [5, 5.41) is 9.03. The van der Waals surface area contributed by atoms with E-state index < -0.39 is 5.41 Å². The zero-order valence-corrected chi connectivity index (χ0v) is 18.1. The van der Waals surface area contributed by atoms with Crippen LogP contribution >= 0.6 is 23.2 Å². The molecule has 0 saturated carbocycles. The Balaban J connectivity index is 2.28. The molecule has 2 aromatic carbocycles. The van der Waals surface area contributed by atoms with Gasteiger partial charge in [0.15, 0.2) is 0 Å². The van der Waals surface area contributed by atoms with Crippen LogP contribution in [0.3, 0.4) is 0 Å². The van der Waals surface area contributed by atoms with Crippen LogP contribution in [0.25, 0.3) is 11.0 Å². The quantitative estimate of drug-likeness (QED) is 0.431. The normalized spacial score (nSPS) is 13.0. The molecule has 0 aliphatic carbocycles. The van der Waals surface area contributed by atoms with Crippen molar-refractivity contribution >= 4 is 40.2 Å². The van der Waals surface area contributed by atoms with Crippen molar-refractivity contribution in [3.63, 3.8) is 0 Å². The van der Waals surface area contributed by atoms with E-state index in [2.05, 4.69) is 10.3 Å². The zero-order valence-electron chi connectivity index (χ0n) is 16.6. The highest BCUT2D eigenvalue weighted by Gasteiger charge is 2.41. The van der Waals surface area contributed by atoms with E-state index in [0.717, 1.165) is 33.3 Å². The predicted molar refractivity (Wildman–Crippen MR) is 112 cm³/mol. The minimum Gasteiger partial charge on any atom is -0.469 e. The summed E-state index contributed by atoms with van der Waals surface area (Å²) in [6.45, 7) is 5.78. The minimum atomic E-state index is -0.827. The van der Waals surface area contributed by atoms with Gasteiger partial charge in [-0.05, 0) is 55.2 Å². The Morgan fingerprint density at radius 3 is 2.64 bits per heavy atom. The van der Waals surface area contributed by atoms with E-state index >= 15 is 0 Å². The summed E-state index contributed by atoms with van der Waals surface area (Å²) in [5.41, 5.74) is 4.67. The summed E-state index contributed by atoms with van der Waals surface area (Å²) in [7, 11) is 3.27. The first-order chi connectivity index (χ1) is 13.2. The lowest BCUT2D eigenvalue weighted by molar-refractivity contribution is -0.151. The van der Waals surface area contributed by atoms with E-state index in [-0.39, 0.29) is 11.9 Å². The molecule has 0 fully saturated rings. The van der Waals surface area contributed by atoms with Crippen LogP contribution < -0.4 is 0 Å².